The van der Waals surface area contributed by atoms with Crippen LogP contribution in [0.3, 0.4) is 0 Å². The maximum Gasteiger partial charge on any atom is 0.326 e. The number of anilines is 1. The number of thioether (sulfide) groups is 1. The monoisotopic (exact) mass is 406 g/mol. The van der Waals surface area contributed by atoms with Crippen LogP contribution in [0.15, 0.2) is 23.1 Å². The average molecular weight is 406 g/mol. The van der Waals surface area contributed by atoms with Crippen molar-refractivity contribution >= 4 is 40.6 Å². The molecule has 1 aromatic carbocycles. The van der Waals surface area contributed by atoms with Crippen molar-refractivity contribution in [2.24, 2.45) is 0 Å². The zero-order chi connectivity index (χ0) is 20.3. The van der Waals surface area contributed by atoms with Crippen molar-refractivity contribution in [3.05, 3.63) is 34.5 Å². The molecule has 2 aliphatic heterocycles. The summed E-state index contributed by atoms with van der Waals surface area (Å²) >= 11 is 0.692. The Morgan fingerprint density at radius 1 is 1.25 bits per heavy atom. The minimum atomic E-state index is -0.657. The largest absolute Gasteiger partial charge is 0.462 e. The molecule has 2 heterocycles. The summed E-state index contributed by atoms with van der Waals surface area (Å²) in [5.41, 5.74) is 1.05. The Balaban J connectivity index is 1.73. The molecule has 2 fully saturated rings. The fourth-order valence-corrected chi connectivity index (χ4v) is 4.02. The minimum absolute atomic E-state index is 0.0898. The molecule has 28 heavy (non-hydrogen) atoms. The third kappa shape index (κ3) is 4.73. The lowest BCUT2D eigenvalue weighted by Gasteiger charge is -2.28. The number of esters is 1. The highest BCUT2D eigenvalue weighted by Crippen LogP contribution is 2.33. The number of halogens is 1. The molecule has 2 saturated heterocycles. The average Bonchev–Trinajstić information content (AvgIpc) is 2.91. The van der Waals surface area contributed by atoms with Crippen molar-refractivity contribution in [3.63, 3.8) is 0 Å². The van der Waals surface area contributed by atoms with Crippen molar-refractivity contribution in [2.45, 2.75) is 39.2 Å². The first-order valence-corrected chi connectivity index (χ1v) is 10.2. The highest BCUT2D eigenvalue weighted by atomic mass is 32.2. The number of carbonyl (C=O) groups is 3. The lowest BCUT2D eigenvalue weighted by molar-refractivity contribution is -0.149. The van der Waals surface area contributed by atoms with Gasteiger partial charge in [0.25, 0.3) is 11.1 Å². The van der Waals surface area contributed by atoms with Gasteiger partial charge in [0, 0.05) is 24.3 Å². The van der Waals surface area contributed by atoms with E-state index in [-0.39, 0.29) is 16.6 Å². The normalized spacial score (nSPS) is 19.1. The Labute approximate surface area is 167 Å². The van der Waals surface area contributed by atoms with Gasteiger partial charge in [-0.1, -0.05) is 0 Å². The van der Waals surface area contributed by atoms with E-state index in [0.717, 1.165) is 36.5 Å². The standard InChI is InChI=1S/C20H23FN2O4S/c1-13(2)27-18(24)12-23-19(25)17(28-20(23)26)10-14-6-7-15(11-16(14)21)22-8-4-3-5-9-22/h6-7,10-11,13H,3-5,8-9,12H2,1-2H3/b17-10+. The van der Waals surface area contributed by atoms with Crippen molar-refractivity contribution in [1.29, 1.82) is 0 Å². The second-order valence-electron chi connectivity index (χ2n) is 7.06. The fraction of sp³-hybridized carbons (Fsp3) is 0.450. The third-order valence-corrected chi connectivity index (χ3v) is 5.43. The third-order valence-electron chi connectivity index (χ3n) is 4.52. The minimum Gasteiger partial charge on any atom is -0.462 e. The van der Waals surface area contributed by atoms with Crippen molar-refractivity contribution < 1.29 is 23.5 Å². The number of rotatable bonds is 5. The Hall–Kier alpha value is -2.35. The molecule has 8 heteroatoms. The summed E-state index contributed by atoms with van der Waals surface area (Å²) in [6.45, 7) is 4.73. The predicted molar refractivity (Wildman–Crippen MR) is 106 cm³/mol. The Morgan fingerprint density at radius 2 is 1.96 bits per heavy atom. The molecule has 0 aliphatic carbocycles. The van der Waals surface area contributed by atoms with Gasteiger partial charge in [-0.15, -0.1) is 0 Å². The van der Waals surface area contributed by atoms with Gasteiger partial charge in [0.15, 0.2) is 0 Å². The topological polar surface area (TPSA) is 66.9 Å². The Bertz CT molecular complexity index is 818. The summed E-state index contributed by atoms with van der Waals surface area (Å²) in [7, 11) is 0. The van der Waals surface area contributed by atoms with E-state index in [0.29, 0.717) is 11.8 Å². The molecular formula is C20H23FN2O4S. The summed E-state index contributed by atoms with van der Waals surface area (Å²) in [6, 6.07) is 4.89. The second kappa shape index (κ2) is 8.77. The van der Waals surface area contributed by atoms with Crippen LogP contribution in [0, 0.1) is 5.82 Å². The zero-order valence-corrected chi connectivity index (χ0v) is 16.8. The molecule has 0 spiro atoms. The number of nitrogens with zero attached hydrogens (tertiary/aromatic N) is 2. The summed E-state index contributed by atoms with van der Waals surface area (Å²) in [5, 5.41) is -0.567. The molecule has 0 atom stereocenters. The van der Waals surface area contributed by atoms with Gasteiger partial charge in [-0.3, -0.25) is 19.3 Å². The second-order valence-corrected chi connectivity index (χ2v) is 8.05. The molecule has 0 N–H and O–H groups in total. The van der Waals surface area contributed by atoms with Crippen LogP contribution >= 0.6 is 11.8 Å². The zero-order valence-electron chi connectivity index (χ0n) is 15.9. The fourth-order valence-electron chi connectivity index (χ4n) is 3.19. The van der Waals surface area contributed by atoms with E-state index in [2.05, 4.69) is 4.90 Å². The van der Waals surface area contributed by atoms with Crippen molar-refractivity contribution in [2.75, 3.05) is 24.5 Å². The van der Waals surface area contributed by atoms with E-state index in [4.69, 9.17) is 4.74 Å². The van der Waals surface area contributed by atoms with E-state index in [1.54, 1.807) is 19.9 Å². The Morgan fingerprint density at radius 3 is 2.61 bits per heavy atom. The number of hydrogen-bond donors (Lipinski definition) is 0. The molecule has 0 bridgehead atoms. The number of carbonyl (C=O) groups excluding carboxylic acids is 3. The summed E-state index contributed by atoms with van der Waals surface area (Å²) in [5.74, 6) is -1.72. The molecule has 0 saturated carbocycles. The number of ether oxygens (including phenoxy) is 1. The predicted octanol–water partition coefficient (Wildman–Crippen LogP) is 3.80. The smallest absolute Gasteiger partial charge is 0.326 e. The molecule has 150 valence electrons. The van der Waals surface area contributed by atoms with Crippen LogP contribution in [0.4, 0.5) is 14.9 Å². The van der Waals surface area contributed by atoms with Crippen LogP contribution in [-0.2, 0) is 14.3 Å². The number of amides is 2. The molecule has 0 aromatic heterocycles. The molecule has 0 radical (unpaired) electrons. The maximum absolute atomic E-state index is 14.6. The van der Waals surface area contributed by atoms with E-state index in [1.807, 2.05) is 6.07 Å². The van der Waals surface area contributed by atoms with Crippen molar-refractivity contribution in [3.8, 4) is 0 Å². The maximum atomic E-state index is 14.6. The van der Waals surface area contributed by atoms with Gasteiger partial charge in [0.05, 0.1) is 11.0 Å². The van der Waals surface area contributed by atoms with Gasteiger partial charge in [-0.2, -0.15) is 0 Å². The van der Waals surface area contributed by atoms with Crippen LogP contribution in [0.1, 0.15) is 38.7 Å². The molecule has 3 rings (SSSR count). The number of imide groups is 1. The van der Waals surface area contributed by atoms with Crippen LogP contribution in [-0.4, -0.2) is 47.8 Å². The van der Waals surface area contributed by atoms with Gasteiger partial charge in [0.1, 0.15) is 12.4 Å². The van der Waals surface area contributed by atoms with Crippen LogP contribution < -0.4 is 4.90 Å². The Kier molecular flexibility index (Phi) is 6.39. The molecular weight excluding hydrogens is 383 g/mol. The SMILES string of the molecule is CC(C)OC(=O)CN1C(=O)S/C(=C/c2ccc(N3CCCCC3)cc2F)C1=O. The molecule has 0 unspecified atom stereocenters. The number of piperidine rings is 1. The highest BCUT2D eigenvalue weighted by Gasteiger charge is 2.37. The van der Waals surface area contributed by atoms with Crippen LogP contribution in [0.5, 0.6) is 0 Å². The molecule has 2 aliphatic rings. The van der Waals surface area contributed by atoms with Gasteiger partial charge < -0.3 is 9.64 Å². The molecule has 2 amide bonds. The molecule has 1 aromatic rings. The highest BCUT2D eigenvalue weighted by molar-refractivity contribution is 8.18. The van der Waals surface area contributed by atoms with Crippen LogP contribution in [0.25, 0.3) is 6.08 Å². The lowest BCUT2D eigenvalue weighted by Crippen LogP contribution is -2.35. The first kappa shape index (κ1) is 20.4. The first-order valence-electron chi connectivity index (χ1n) is 9.34. The van der Waals surface area contributed by atoms with Gasteiger partial charge in [0.2, 0.25) is 0 Å². The summed E-state index contributed by atoms with van der Waals surface area (Å²) in [4.78, 5) is 39.3. The first-order chi connectivity index (χ1) is 13.3. The van der Waals surface area contributed by atoms with Crippen LogP contribution in [0.2, 0.25) is 0 Å². The van der Waals surface area contributed by atoms with Gasteiger partial charge in [-0.25, -0.2) is 4.39 Å². The van der Waals surface area contributed by atoms with E-state index in [9.17, 15) is 18.8 Å². The quantitative estimate of drug-likeness (QED) is 0.547. The van der Waals surface area contributed by atoms with Gasteiger partial charge in [-0.05, 0) is 69.1 Å². The summed E-state index contributed by atoms with van der Waals surface area (Å²) in [6.07, 6.45) is 4.40. The summed E-state index contributed by atoms with van der Waals surface area (Å²) < 4.78 is 19.5. The molecule has 6 nitrogen and oxygen atoms in total. The number of benzene rings is 1. The number of hydrogen-bond acceptors (Lipinski definition) is 6. The van der Waals surface area contributed by atoms with Gasteiger partial charge >= 0.3 is 5.97 Å². The lowest BCUT2D eigenvalue weighted by atomic mass is 10.1. The van der Waals surface area contributed by atoms with Crippen molar-refractivity contribution in [1.82, 2.24) is 4.90 Å². The van der Waals surface area contributed by atoms with E-state index < -0.39 is 29.5 Å². The van der Waals surface area contributed by atoms with E-state index in [1.165, 1.54) is 18.6 Å². The van der Waals surface area contributed by atoms with E-state index >= 15 is 0 Å².